The maximum absolute atomic E-state index is 10.3. The molecule has 4 nitrogen and oxygen atoms in total. The first kappa shape index (κ1) is 16.0. The summed E-state index contributed by atoms with van der Waals surface area (Å²) in [4.78, 5) is 0. The van der Waals surface area contributed by atoms with Gasteiger partial charge in [0.1, 0.15) is 5.75 Å². The number of rotatable bonds is 5. The molecular weight excluding hydrogens is 240 g/mol. The first-order valence-corrected chi connectivity index (χ1v) is 6.63. The SMILES string of the molecule is COc1ccc(C(O)C(N)CCN)cc1C(C)(C)C. The molecule has 0 aromatic heterocycles. The van der Waals surface area contributed by atoms with Gasteiger partial charge in [0.05, 0.1) is 13.2 Å². The zero-order valence-corrected chi connectivity index (χ0v) is 12.3. The summed E-state index contributed by atoms with van der Waals surface area (Å²) in [5.41, 5.74) is 13.2. The van der Waals surface area contributed by atoms with E-state index in [-0.39, 0.29) is 11.5 Å². The van der Waals surface area contributed by atoms with Gasteiger partial charge in [0.15, 0.2) is 0 Å². The molecule has 1 aromatic carbocycles. The highest BCUT2D eigenvalue weighted by molar-refractivity contribution is 5.42. The van der Waals surface area contributed by atoms with Crippen molar-refractivity contribution < 1.29 is 9.84 Å². The number of methoxy groups -OCH3 is 1. The molecule has 5 N–H and O–H groups in total. The van der Waals surface area contributed by atoms with E-state index in [9.17, 15) is 5.11 Å². The molecule has 2 atom stereocenters. The van der Waals surface area contributed by atoms with Crippen molar-refractivity contribution in [2.75, 3.05) is 13.7 Å². The first-order valence-electron chi connectivity index (χ1n) is 6.63. The van der Waals surface area contributed by atoms with Crippen LogP contribution in [0.15, 0.2) is 18.2 Å². The molecule has 0 radical (unpaired) electrons. The number of hydrogen-bond acceptors (Lipinski definition) is 4. The van der Waals surface area contributed by atoms with Crippen LogP contribution in [0, 0.1) is 0 Å². The van der Waals surface area contributed by atoms with Crippen molar-refractivity contribution in [3.8, 4) is 5.75 Å². The Labute approximate surface area is 115 Å². The third-order valence-electron chi connectivity index (χ3n) is 3.28. The topological polar surface area (TPSA) is 81.5 Å². The summed E-state index contributed by atoms with van der Waals surface area (Å²) >= 11 is 0. The van der Waals surface area contributed by atoms with Gasteiger partial charge in [0.25, 0.3) is 0 Å². The minimum absolute atomic E-state index is 0.0565. The molecule has 19 heavy (non-hydrogen) atoms. The van der Waals surface area contributed by atoms with E-state index in [2.05, 4.69) is 20.8 Å². The van der Waals surface area contributed by atoms with Crippen molar-refractivity contribution in [1.82, 2.24) is 0 Å². The summed E-state index contributed by atoms with van der Waals surface area (Å²) in [6.45, 7) is 6.81. The van der Waals surface area contributed by atoms with Gasteiger partial charge < -0.3 is 21.3 Å². The monoisotopic (exact) mass is 266 g/mol. The normalized spacial score (nSPS) is 15.1. The molecule has 0 aliphatic rings. The van der Waals surface area contributed by atoms with Crippen LogP contribution in [-0.2, 0) is 5.41 Å². The van der Waals surface area contributed by atoms with E-state index in [0.29, 0.717) is 13.0 Å². The Morgan fingerprint density at radius 3 is 2.42 bits per heavy atom. The molecule has 0 amide bonds. The summed E-state index contributed by atoms with van der Waals surface area (Å²) in [5, 5.41) is 10.3. The average Bonchev–Trinajstić information content (AvgIpc) is 2.36. The minimum Gasteiger partial charge on any atom is -0.496 e. The van der Waals surface area contributed by atoms with E-state index >= 15 is 0 Å². The largest absolute Gasteiger partial charge is 0.496 e. The van der Waals surface area contributed by atoms with E-state index in [1.165, 1.54) is 0 Å². The summed E-state index contributed by atoms with van der Waals surface area (Å²) in [6, 6.07) is 5.37. The smallest absolute Gasteiger partial charge is 0.122 e. The standard InChI is InChI=1S/C15H26N2O2/c1-15(2,3)11-9-10(5-6-13(11)19-4)14(18)12(17)7-8-16/h5-6,9,12,14,18H,7-8,16-17H2,1-4H3. The fourth-order valence-electron chi connectivity index (χ4n) is 2.09. The average molecular weight is 266 g/mol. The molecular formula is C15H26N2O2. The zero-order valence-electron chi connectivity index (χ0n) is 12.3. The molecule has 1 rings (SSSR count). The third-order valence-corrected chi connectivity index (χ3v) is 3.28. The van der Waals surface area contributed by atoms with Gasteiger partial charge in [-0.3, -0.25) is 0 Å². The Kier molecular flexibility index (Phi) is 5.35. The van der Waals surface area contributed by atoms with Gasteiger partial charge in [-0.05, 0) is 41.6 Å². The number of nitrogens with two attached hydrogens (primary N) is 2. The number of aliphatic hydroxyl groups excluding tert-OH is 1. The van der Waals surface area contributed by atoms with Gasteiger partial charge in [-0.1, -0.05) is 26.8 Å². The molecule has 108 valence electrons. The Morgan fingerprint density at radius 2 is 1.95 bits per heavy atom. The Balaban J connectivity index is 3.11. The number of hydrogen-bond donors (Lipinski definition) is 3. The Hall–Kier alpha value is -1.10. The molecule has 0 aliphatic heterocycles. The van der Waals surface area contributed by atoms with Gasteiger partial charge in [-0.25, -0.2) is 0 Å². The van der Waals surface area contributed by atoms with Crippen molar-refractivity contribution in [3.63, 3.8) is 0 Å². The van der Waals surface area contributed by atoms with Crippen molar-refractivity contribution in [2.45, 2.75) is 44.8 Å². The lowest BCUT2D eigenvalue weighted by Crippen LogP contribution is -2.31. The number of benzene rings is 1. The number of aliphatic hydroxyl groups is 1. The van der Waals surface area contributed by atoms with Crippen molar-refractivity contribution in [3.05, 3.63) is 29.3 Å². The molecule has 0 saturated carbocycles. The van der Waals surface area contributed by atoms with Crippen molar-refractivity contribution >= 4 is 0 Å². The highest BCUT2D eigenvalue weighted by Crippen LogP contribution is 2.33. The molecule has 2 unspecified atom stereocenters. The second-order valence-electron chi connectivity index (χ2n) is 5.90. The van der Waals surface area contributed by atoms with E-state index in [0.717, 1.165) is 16.9 Å². The summed E-state index contributed by atoms with van der Waals surface area (Å²) < 4.78 is 5.38. The zero-order chi connectivity index (χ0) is 14.6. The molecule has 1 aromatic rings. The lowest BCUT2D eigenvalue weighted by Gasteiger charge is -2.25. The second kappa shape index (κ2) is 6.37. The van der Waals surface area contributed by atoms with Crippen LogP contribution >= 0.6 is 0 Å². The van der Waals surface area contributed by atoms with E-state index in [1.807, 2.05) is 18.2 Å². The predicted molar refractivity (Wildman–Crippen MR) is 78.3 cm³/mol. The predicted octanol–water partition coefficient (Wildman–Crippen LogP) is 1.70. The fourth-order valence-corrected chi connectivity index (χ4v) is 2.09. The summed E-state index contributed by atoms with van der Waals surface area (Å²) in [5.74, 6) is 0.829. The van der Waals surface area contributed by atoms with Gasteiger partial charge in [0, 0.05) is 6.04 Å². The molecule has 0 bridgehead atoms. The maximum Gasteiger partial charge on any atom is 0.122 e. The fraction of sp³-hybridized carbons (Fsp3) is 0.600. The Bertz CT molecular complexity index is 413. The molecule has 0 fully saturated rings. The van der Waals surface area contributed by atoms with Crippen LogP contribution in [0.4, 0.5) is 0 Å². The van der Waals surface area contributed by atoms with E-state index < -0.39 is 6.10 Å². The highest BCUT2D eigenvalue weighted by Gasteiger charge is 2.22. The van der Waals surface area contributed by atoms with Crippen LogP contribution in [0.2, 0.25) is 0 Å². The summed E-state index contributed by atoms with van der Waals surface area (Å²) in [7, 11) is 1.65. The van der Waals surface area contributed by atoms with Crippen molar-refractivity contribution in [1.29, 1.82) is 0 Å². The quantitative estimate of drug-likeness (QED) is 0.757. The van der Waals surface area contributed by atoms with Crippen LogP contribution in [0.5, 0.6) is 5.75 Å². The lowest BCUT2D eigenvalue weighted by atomic mass is 9.84. The molecule has 4 heteroatoms. The van der Waals surface area contributed by atoms with Gasteiger partial charge in [-0.2, -0.15) is 0 Å². The molecule has 0 heterocycles. The second-order valence-corrected chi connectivity index (χ2v) is 5.90. The van der Waals surface area contributed by atoms with Crippen LogP contribution in [0.25, 0.3) is 0 Å². The van der Waals surface area contributed by atoms with Gasteiger partial charge in [-0.15, -0.1) is 0 Å². The van der Waals surface area contributed by atoms with Crippen LogP contribution in [0.1, 0.15) is 44.4 Å². The van der Waals surface area contributed by atoms with E-state index in [1.54, 1.807) is 7.11 Å². The number of ether oxygens (including phenoxy) is 1. The molecule has 0 spiro atoms. The lowest BCUT2D eigenvalue weighted by molar-refractivity contribution is 0.143. The highest BCUT2D eigenvalue weighted by atomic mass is 16.5. The van der Waals surface area contributed by atoms with Gasteiger partial charge >= 0.3 is 0 Å². The molecule has 0 saturated heterocycles. The maximum atomic E-state index is 10.3. The van der Waals surface area contributed by atoms with E-state index in [4.69, 9.17) is 16.2 Å². The van der Waals surface area contributed by atoms with Crippen LogP contribution < -0.4 is 16.2 Å². The molecule has 0 aliphatic carbocycles. The first-order chi connectivity index (χ1) is 8.81. The minimum atomic E-state index is -0.699. The summed E-state index contributed by atoms with van der Waals surface area (Å²) in [6.07, 6.45) is -0.103. The van der Waals surface area contributed by atoms with Crippen LogP contribution in [0.3, 0.4) is 0 Å². The van der Waals surface area contributed by atoms with Crippen molar-refractivity contribution in [2.24, 2.45) is 11.5 Å². The van der Waals surface area contributed by atoms with Crippen LogP contribution in [-0.4, -0.2) is 24.8 Å². The Morgan fingerprint density at radius 1 is 1.32 bits per heavy atom. The van der Waals surface area contributed by atoms with Gasteiger partial charge in [0.2, 0.25) is 0 Å². The third kappa shape index (κ3) is 3.93.